The van der Waals surface area contributed by atoms with Gasteiger partial charge in [-0.05, 0) is 43.1 Å². The van der Waals surface area contributed by atoms with Crippen LogP contribution in [0.15, 0.2) is 46.9 Å². The van der Waals surface area contributed by atoms with E-state index in [4.69, 9.17) is 11.6 Å². The summed E-state index contributed by atoms with van der Waals surface area (Å²) in [6.07, 6.45) is 0.941. The maximum atomic E-state index is 6.39. The number of aryl methyl sites for hydroxylation is 1. The van der Waals surface area contributed by atoms with Gasteiger partial charge < -0.3 is 5.32 Å². The van der Waals surface area contributed by atoms with E-state index in [0.29, 0.717) is 0 Å². The Morgan fingerprint density at radius 2 is 2.00 bits per heavy atom. The van der Waals surface area contributed by atoms with Gasteiger partial charge in [0.1, 0.15) is 0 Å². The number of nitrogens with one attached hydrogen (secondary N) is 1. The number of hydrogen-bond donors (Lipinski definition) is 1. The van der Waals surface area contributed by atoms with E-state index < -0.39 is 0 Å². The molecule has 106 valence electrons. The summed E-state index contributed by atoms with van der Waals surface area (Å²) in [6, 6.07) is 15.0. The van der Waals surface area contributed by atoms with Crippen molar-refractivity contribution in [2.24, 2.45) is 0 Å². The SMILES string of the molecule is CCNC(Cc1cccc(C)c1)c1ccc(Br)cc1Cl. The highest BCUT2D eigenvalue weighted by Gasteiger charge is 2.14. The summed E-state index contributed by atoms with van der Waals surface area (Å²) in [5.41, 5.74) is 3.77. The Kier molecular flexibility index (Phi) is 5.64. The van der Waals surface area contributed by atoms with Gasteiger partial charge in [0.05, 0.1) is 0 Å². The average Bonchev–Trinajstić information content (AvgIpc) is 2.38. The molecule has 0 amide bonds. The van der Waals surface area contributed by atoms with Gasteiger partial charge >= 0.3 is 0 Å². The first-order valence-corrected chi connectivity index (χ1v) is 8.01. The summed E-state index contributed by atoms with van der Waals surface area (Å²) in [7, 11) is 0. The standard InChI is InChI=1S/C17H19BrClN/c1-3-20-17(10-13-6-4-5-12(2)9-13)15-8-7-14(18)11-16(15)19/h4-9,11,17,20H,3,10H2,1-2H3. The fraction of sp³-hybridized carbons (Fsp3) is 0.294. The van der Waals surface area contributed by atoms with Crippen LogP contribution in [-0.4, -0.2) is 6.54 Å². The fourth-order valence-electron chi connectivity index (χ4n) is 2.40. The molecule has 0 radical (unpaired) electrons. The Balaban J connectivity index is 2.26. The van der Waals surface area contributed by atoms with Crippen molar-refractivity contribution in [1.82, 2.24) is 5.32 Å². The molecule has 0 saturated carbocycles. The van der Waals surface area contributed by atoms with Gasteiger partial charge in [-0.1, -0.05) is 70.3 Å². The molecule has 2 aromatic rings. The van der Waals surface area contributed by atoms with E-state index in [-0.39, 0.29) is 6.04 Å². The molecular weight excluding hydrogens is 334 g/mol. The summed E-state index contributed by atoms with van der Waals surface area (Å²) in [6.45, 7) is 5.16. The van der Waals surface area contributed by atoms with Crippen LogP contribution < -0.4 is 5.32 Å². The van der Waals surface area contributed by atoms with Gasteiger partial charge in [0.25, 0.3) is 0 Å². The molecule has 2 aromatic carbocycles. The molecule has 3 heteroatoms. The van der Waals surface area contributed by atoms with Crippen LogP contribution in [0.4, 0.5) is 0 Å². The van der Waals surface area contributed by atoms with Crippen molar-refractivity contribution in [2.45, 2.75) is 26.3 Å². The van der Waals surface area contributed by atoms with Gasteiger partial charge in [0.15, 0.2) is 0 Å². The van der Waals surface area contributed by atoms with Crippen LogP contribution in [-0.2, 0) is 6.42 Å². The zero-order chi connectivity index (χ0) is 14.5. The van der Waals surface area contributed by atoms with Crippen LogP contribution in [0, 0.1) is 6.92 Å². The van der Waals surface area contributed by atoms with E-state index >= 15 is 0 Å². The van der Waals surface area contributed by atoms with Gasteiger partial charge in [-0.2, -0.15) is 0 Å². The van der Waals surface area contributed by atoms with Crippen LogP contribution in [0.1, 0.15) is 29.7 Å². The molecule has 1 unspecified atom stereocenters. The van der Waals surface area contributed by atoms with E-state index in [9.17, 15) is 0 Å². The minimum Gasteiger partial charge on any atom is -0.310 e. The second-order valence-electron chi connectivity index (χ2n) is 4.97. The average molecular weight is 353 g/mol. The normalized spacial score (nSPS) is 12.4. The zero-order valence-electron chi connectivity index (χ0n) is 11.8. The molecule has 2 rings (SSSR count). The van der Waals surface area contributed by atoms with E-state index in [1.54, 1.807) is 0 Å². The van der Waals surface area contributed by atoms with Crippen molar-refractivity contribution in [3.05, 3.63) is 68.7 Å². The molecular formula is C17H19BrClN. The van der Waals surface area contributed by atoms with Crippen molar-refractivity contribution in [2.75, 3.05) is 6.54 Å². The lowest BCUT2D eigenvalue weighted by molar-refractivity contribution is 0.550. The Hall–Kier alpha value is -0.830. The first-order valence-electron chi connectivity index (χ1n) is 6.84. The molecule has 0 heterocycles. The molecule has 0 aliphatic rings. The lowest BCUT2D eigenvalue weighted by atomic mass is 9.98. The summed E-state index contributed by atoms with van der Waals surface area (Å²) in [4.78, 5) is 0. The van der Waals surface area contributed by atoms with E-state index in [1.165, 1.54) is 11.1 Å². The topological polar surface area (TPSA) is 12.0 Å². The highest BCUT2D eigenvalue weighted by Crippen LogP contribution is 2.28. The summed E-state index contributed by atoms with van der Waals surface area (Å²) in [5.74, 6) is 0. The molecule has 1 N–H and O–H groups in total. The third-order valence-corrected chi connectivity index (χ3v) is 4.13. The number of halogens is 2. The first-order chi connectivity index (χ1) is 9.60. The Bertz CT molecular complexity index is 583. The maximum Gasteiger partial charge on any atom is 0.0465 e. The molecule has 0 saturated heterocycles. The molecule has 20 heavy (non-hydrogen) atoms. The Morgan fingerprint density at radius 3 is 2.65 bits per heavy atom. The second-order valence-corrected chi connectivity index (χ2v) is 6.29. The molecule has 0 spiro atoms. The van der Waals surface area contributed by atoms with Crippen LogP contribution in [0.3, 0.4) is 0 Å². The lowest BCUT2D eigenvalue weighted by Crippen LogP contribution is -2.23. The minimum atomic E-state index is 0.238. The molecule has 0 aliphatic carbocycles. The molecule has 0 aromatic heterocycles. The van der Waals surface area contributed by atoms with E-state index in [1.807, 2.05) is 12.1 Å². The molecule has 1 nitrogen and oxygen atoms in total. The van der Waals surface area contributed by atoms with Crippen molar-refractivity contribution in [3.63, 3.8) is 0 Å². The zero-order valence-corrected chi connectivity index (χ0v) is 14.1. The van der Waals surface area contributed by atoms with Crippen molar-refractivity contribution in [1.29, 1.82) is 0 Å². The quantitative estimate of drug-likeness (QED) is 0.769. The lowest BCUT2D eigenvalue weighted by Gasteiger charge is -2.20. The predicted molar refractivity (Wildman–Crippen MR) is 90.5 cm³/mol. The summed E-state index contributed by atoms with van der Waals surface area (Å²) in [5, 5.41) is 4.33. The van der Waals surface area contributed by atoms with Gasteiger partial charge in [0.2, 0.25) is 0 Å². The number of hydrogen-bond acceptors (Lipinski definition) is 1. The summed E-state index contributed by atoms with van der Waals surface area (Å²) >= 11 is 9.84. The van der Waals surface area contributed by atoms with Crippen LogP contribution >= 0.6 is 27.5 Å². The van der Waals surface area contributed by atoms with Crippen LogP contribution in [0.5, 0.6) is 0 Å². The molecule has 0 aliphatic heterocycles. The third kappa shape index (κ3) is 4.08. The van der Waals surface area contributed by atoms with Crippen molar-refractivity contribution < 1.29 is 0 Å². The number of benzene rings is 2. The predicted octanol–water partition coefficient (Wildman–Crippen LogP) is 5.30. The molecule has 0 bridgehead atoms. The maximum absolute atomic E-state index is 6.39. The minimum absolute atomic E-state index is 0.238. The third-order valence-electron chi connectivity index (χ3n) is 3.31. The van der Waals surface area contributed by atoms with Crippen LogP contribution in [0.2, 0.25) is 5.02 Å². The monoisotopic (exact) mass is 351 g/mol. The van der Waals surface area contributed by atoms with Crippen LogP contribution in [0.25, 0.3) is 0 Å². The van der Waals surface area contributed by atoms with Gasteiger partial charge in [-0.25, -0.2) is 0 Å². The number of likely N-dealkylation sites (N-methyl/N-ethyl adjacent to an activating group) is 1. The highest BCUT2D eigenvalue weighted by molar-refractivity contribution is 9.10. The van der Waals surface area contributed by atoms with Crippen molar-refractivity contribution in [3.8, 4) is 0 Å². The van der Waals surface area contributed by atoms with Gasteiger partial charge in [-0.15, -0.1) is 0 Å². The molecule has 0 fully saturated rings. The van der Waals surface area contributed by atoms with Gasteiger partial charge in [0, 0.05) is 15.5 Å². The van der Waals surface area contributed by atoms with E-state index in [2.05, 4.69) is 65.4 Å². The smallest absolute Gasteiger partial charge is 0.0465 e. The summed E-state index contributed by atoms with van der Waals surface area (Å²) < 4.78 is 1.01. The van der Waals surface area contributed by atoms with E-state index in [0.717, 1.165) is 28.0 Å². The molecule has 1 atom stereocenters. The Morgan fingerprint density at radius 1 is 1.20 bits per heavy atom. The van der Waals surface area contributed by atoms with Gasteiger partial charge in [-0.3, -0.25) is 0 Å². The highest BCUT2D eigenvalue weighted by atomic mass is 79.9. The number of rotatable bonds is 5. The fourth-order valence-corrected chi connectivity index (χ4v) is 3.20. The first kappa shape index (κ1) is 15.6. The van der Waals surface area contributed by atoms with Crippen molar-refractivity contribution >= 4 is 27.5 Å². The second kappa shape index (κ2) is 7.26. The Labute approximate surface area is 134 Å². The largest absolute Gasteiger partial charge is 0.310 e.